The van der Waals surface area contributed by atoms with E-state index in [1.807, 2.05) is 22.6 Å². The van der Waals surface area contributed by atoms with Crippen LogP contribution < -0.4 is 5.32 Å². The number of hydrogen-bond donors (Lipinski definition) is 2. The van der Waals surface area contributed by atoms with Crippen LogP contribution in [0.4, 0.5) is 14.9 Å². The van der Waals surface area contributed by atoms with Gasteiger partial charge in [0.05, 0.1) is 11.6 Å². The fourth-order valence-corrected chi connectivity index (χ4v) is 2.73. The van der Waals surface area contributed by atoms with Gasteiger partial charge in [0.15, 0.2) is 0 Å². The van der Waals surface area contributed by atoms with E-state index >= 15 is 0 Å². The van der Waals surface area contributed by atoms with Crippen LogP contribution in [0.3, 0.4) is 0 Å². The quantitative estimate of drug-likeness (QED) is 0.761. The third-order valence-electron chi connectivity index (χ3n) is 3.30. The Labute approximate surface area is 129 Å². The van der Waals surface area contributed by atoms with Gasteiger partial charge in [0.25, 0.3) is 0 Å². The Morgan fingerprint density at radius 2 is 2.00 bits per heavy atom. The molecule has 2 N–H and O–H groups in total. The fraction of sp³-hybridized carbons (Fsp3) is 0.385. The van der Waals surface area contributed by atoms with Crippen molar-refractivity contribution < 1.29 is 19.1 Å². The van der Waals surface area contributed by atoms with Crippen LogP contribution in [0.15, 0.2) is 18.2 Å². The normalized spacial score (nSPS) is 16.0. The number of nitrogens with one attached hydrogen (secondary N) is 1. The fourth-order valence-electron chi connectivity index (χ4n) is 2.11. The van der Waals surface area contributed by atoms with Crippen molar-refractivity contribution in [3.63, 3.8) is 0 Å². The highest BCUT2D eigenvalue weighted by molar-refractivity contribution is 14.1. The van der Waals surface area contributed by atoms with Crippen molar-refractivity contribution in [2.45, 2.75) is 12.8 Å². The van der Waals surface area contributed by atoms with Gasteiger partial charge < -0.3 is 15.3 Å². The van der Waals surface area contributed by atoms with Crippen LogP contribution in [0, 0.1) is 15.3 Å². The maximum atomic E-state index is 13.0. The van der Waals surface area contributed by atoms with Crippen LogP contribution in [-0.2, 0) is 4.79 Å². The van der Waals surface area contributed by atoms with Crippen molar-refractivity contribution in [3.8, 4) is 0 Å². The van der Waals surface area contributed by atoms with Gasteiger partial charge in [-0.1, -0.05) is 0 Å². The first kappa shape index (κ1) is 15.0. The number of likely N-dealkylation sites (tertiary alicyclic amines) is 1. The van der Waals surface area contributed by atoms with Crippen LogP contribution in [0.5, 0.6) is 0 Å². The molecule has 2 rings (SSSR count). The van der Waals surface area contributed by atoms with Crippen LogP contribution in [-0.4, -0.2) is 35.1 Å². The molecule has 0 saturated carbocycles. The number of aliphatic carboxylic acids is 1. The molecule has 0 radical (unpaired) electrons. The first-order valence-corrected chi connectivity index (χ1v) is 7.29. The number of anilines is 1. The van der Waals surface area contributed by atoms with E-state index in [-0.39, 0.29) is 17.8 Å². The number of rotatable bonds is 2. The Kier molecular flexibility index (Phi) is 4.79. The molecule has 0 atom stereocenters. The number of urea groups is 1. The third kappa shape index (κ3) is 3.59. The van der Waals surface area contributed by atoms with E-state index in [9.17, 15) is 14.0 Å². The Balaban J connectivity index is 1.94. The van der Waals surface area contributed by atoms with Crippen molar-refractivity contribution in [2.75, 3.05) is 18.4 Å². The molecule has 0 bridgehead atoms. The Morgan fingerprint density at radius 1 is 1.35 bits per heavy atom. The smallest absolute Gasteiger partial charge is 0.321 e. The summed E-state index contributed by atoms with van der Waals surface area (Å²) in [5, 5.41) is 11.6. The van der Waals surface area contributed by atoms with E-state index in [0.29, 0.717) is 35.2 Å². The first-order valence-electron chi connectivity index (χ1n) is 6.21. The molecule has 0 aromatic heterocycles. The highest BCUT2D eigenvalue weighted by Crippen LogP contribution is 2.21. The second-order valence-electron chi connectivity index (χ2n) is 4.65. The van der Waals surface area contributed by atoms with Crippen LogP contribution in [0.1, 0.15) is 12.8 Å². The molecule has 1 fully saturated rings. The molecule has 1 aromatic carbocycles. The molecule has 108 valence electrons. The summed E-state index contributed by atoms with van der Waals surface area (Å²) < 4.78 is 13.6. The van der Waals surface area contributed by atoms with E-state index in [1.54, 1.807) is 4.90 Å². The highest BCUT2D eigenvalue weighted by atomic mass is 127. The zero-order chi connectivity index (χ0) is 14.7. The van der Waals surface area contributed by atoms with Crippen molar-refractivity contribution in [3.05, 3.63) is 27.6 Å². The summed E-state index contributed by atoms with van der Waals surface area (Å²) in [5.41, 5.74) is 0.553. The number of nitrogens with zero attached hydrogens (tertiary/aromatic N) is 1. The van der Waals surface area contributed by atoms with Gasteiger partial charge in [0, 0.05) is 16.7 Å². The number of benzene rings is 1. The van der Waals surface area contributed by atoms with Crippen molar-refractivity contribution >= 4 is 40.3 Å². The van der Waals surface area contributed by atoms with Crippen molar-refractivity contribution in [1.82, 2.24) is 4.90 Å². The Hall–Kier alpha value is -1.38. The summed E-state index contributed by atoms with van der Waals surface area (Å²) in [6.45, 7) is 0.834. The van der Waals surface area contributed by atoms with Crippen molar-refractivity contribution in [1.29, 1.82) is 0 Å². The number of hydrogen-bond acceptors (Lipinski definition) is 2. The standard InChI is InChI=1S/C13H14FIN2O3/c14-9-1-2-11(10(15)7-9)16-13(20)17-5-3-8(4-6-17)12(18)19/h1-2,7-8H,3-6H2,(H,16,20)(H,18,19). The molecule has 5 nitrogen and oxygen atoms in total. The van der Waals surface area contributed by atoms with E-state index in [0.717, 1.165) is 0 Å². The molecule has 0 aliphatic carbocycles. The maximum absolute atomic E-state index is 13.0. The lowest BCUT2D eigenvalue weighted by Gasteiger charge is -2.30. The van der Waals surface area contributed by atoms with E-state index in [2.05, 4.69) is 5.32 Å². The highest BCUT2D eigenvalue weighted by Gasteiger charge is 2.27. The molecule has 0 spiro atoms. The number of carboxylic acid groups (broad SMARTS) is 1. The summed E-state index contributed by atoms with van der Waals surface area (Å²) in [6.07, 6.45) is 0.923. The molecule has 7 heteroatoms. The number of carbonyl (C=O) groups is 2. The van der Waals surface area contributed by atoms with Gasteiger partial charge in [0.1, 0.15) is 5.82 Å². The SMILES string of the molecule is O=C(O)C1CCN(C(=O)Nc2ccc(F)cc2I)CC1. The molecular weight excluding hydrogens is 378 g/mol. The van der Waals surface area contributed by atoms with Crippen LogP contribution in [0.25, 0.3) is 0 Å². The van der Waals surface area contributed by atoms with Gasteiger partial charge in [-0.05, 0) is 53.6 Å². The lowest BCUT2D eigenvalue weighted by atomic mass is 9.97. The number of amides is 2. The predicted molar refractivity (Wildman–Crippen MR) is 80.1 cm³/mol. The predicted octanol–water partition coefficient (Wildman–Crippen LogP) is 2.76. The van der Waals surface area contributed by atoms with Gasteiger partial charge in [0.2, 0.25) is 0 Å². The minimum absolute atomic E-state index is 0.279. The summed E-state index contributed by atoms with van der Waals surface area (Å²) in [5.74, 6) is -1.53. The second kappa shape index (κ2) is 6.38. The summed E-state index contributed by atoms with van der Waals surface area (Å²) in [6, 6.07) is 3.86. The largest absolute Gasteiger partial charge is 0.481 e. The van der Waals surface area contributed by atoms with E-state index in [4.69, 9.17) is 5.11 Å². The van der Waals surface area contributed by atoms with Crippen molar-refractivity contribution in [2.24, 2.45) is 5.92 Å². The second-order valence-corrected chi connectivity index (χ2v) is 5.82. The molecule has 1 aromatic rings. The van der Waals surface area contributed by atoms with Gasteiger partial charge in [-0.25, -0.2) is 9.18 Å². The molecular formula is C13H14FIN2O3. The zero-order valence-electron chi connectivity index (χ0n) is 10.6. The minimum Gasteiger partial charge on any atom is -0.481 e. The molecule has 1 heterocycles. The number of carbonyl (C=O) groups excluding carboxylic acids is 1. The molecule has 2 amide bonds. The minimum atomic E-state index is -0.807. The van der Waals surface area contributed by atoms with Crippen LogP contribution >= 0.6 is 22.6 Å². The van der Waals surface area contributed by atoms with Gasteiger partial charge >= 0.3 is 12.0 Å². The van der Waals surface area contributed by atoms with E-state index < -0.39 is 5.97 Å². The number of halogens is 2. The molecule has 1 saturated heterocycles. The van der Waals surface area contributed by atoms with Gasteiger partial charge in [-0.15, -0.1) is 0 Å². The number of carboxylic acids is 1. The van der Waals surface area contributed by atoms with Gasteiger partial charge in [-0.3, -0.25) is 4.79 Å². The van der Waals surface area contributed by atoms with Crippen LogP contribution in [0.2, 0.25) is 0 Å². The maximum Gasteiger partial charge on any atom is 0.321 e. The lowest BCUT2D eigenvalue weighted by molar-refractivity contribution is -0.143. The molecule has 1 aliphatic heterocycles. The molecule has 1 aliphatic rings. The Morgan fingerprint density at radius 3 is 2.55 bits per heavy atom. The summed E-state index contributed by atoms with van der Waals surface area (Å²) in [7, 11) is 0. The monoisotopic (exact) mass is 392 g/mol. The van der Waals surface area contributed by atoms with Gasteiger partial charge in [-0.2, -0.15) is 0 Å². The first-order chi connectivity index (χ1) is 9.47. The number of piperidine rings is 1. The summed E-state index contributed by atoms with van der Waals surface area (Å²) in [4.78, 5) is 24.5. The lowest BCUT2D eigenvalue weighted by Crippen LogP contribution is -2.42. The Bertz CT molecular complexity index is 530. The zero-order valence-corrected chi connectivity index (χ0v) is 12.8. The average Bonchev–Trinajstić information content (AvgIpc) is 2.42. The molecule has 20 heavy (non-hydrogen) atoms. The summed E-state index contributed by atoms with van der Waals surface area (Å²) >= 11 is 1.95. The average molecular weight is 392 g/mol. The topological polar surface area (TPSA) is 69.6 Å². The third-order valence-corrected chi connectivity index (χ3v) is 4.20. The van der Waals surface area contributed by atoms with E-state index in [1.165, 1.54) is 18.2 Å². The molecule has 0 unspecified atom stereocenters.